The van der Waals surface area contributed by atoms with Crippen LogP contribution in [0, 0.1) is 17.8 Å². The van der Waals surface area contributed by atoms with E-state index in [2.05, 4.69) is 18.7 Å². The van der Waals surface area contributed by atoms with Crippen molar-refractivity contribution < 1.29 is 4.79 Å². The van der Waals surface area contributed by atoms with Gasteiger partial charge < -0.3 is 0 Å². The van der Waals surface area contributed by atoms with Crippen LogP contribution in [-0.2, 0) is 4.79 Å². The Morgan fingerprint density at radius 2 is 1.81 bits per heavy atom. The number of ketones is 1. The monoisotopic (exact) mass is 221 g/mol. The van der Waals surface area contributed by atoms with Crippen LogP contribution in [-0.4, -0.2) is 29.3 Å². The first-order chi connectivity index (χ1) is 7.66. The number of carbonyl (C=O) groups excluding carboxylic acids is 1. The zero-order valence-corrected chi connectivity index (χ0v) is 10.5. The molecule has 1 aliphatic heterocycles. The molecule has 3 rings (SSSR count). The molecule has 90 valence electrons. The first-order valence-corrected chi connectivity index (χ1v) is 6.96. The van der Waals surface area contributed by atoms with E-state index >= 15 is 0 Å². The van der Waals surface area contributed by atoms with E-state index in [-0.39, 0.29) is 0 Å². The molecule has 2 saturated carbocycles. The zero-order chi connectivity index (χ0) is 11.3. The van der Waals surface area contributed by atoms with Gasteiger partial charge in [-0.25, -0.2) is 0 Å². The van der Waals surface area contributed by atoms with Crippen LogP contribution in [0.4, 0.5) is 0 Å². The second-order valence-corrected chi connectivity index (χ2v) is 6.25. The van der Waals surface area contributed by atoms with Gasteiger partial charge in [-0.2, -0.15) is 0 Å². The topological polar surface area (TPSA) is 20.3 Å². The Kier molecular flexibility index (Phi) is 2.58. The van der Waals surface area contributed by atoms with Gasteiger partial charge in [0.25, 0.3) is 0 Å². The molecule has 2 heteroatoms. The molecule has 5 unspecified atom stereocenters. The molecule has 5 atom stereocenters. The van der Waals surface area contributed by atoms with Crippen molar-refractivity contribution in [3.05, 3.63) is 0 Å². The minimum Gasteiger partial charge on any atom is -0.299 e. The van der Waals surface area contributed by atoms with E-state index in [1.54, 1.807) is 0 Å². The summed E-state index contributed by atoms with van der Waals surface area (Å²) < 4.78 is 0. The average molecular weight is 221 g/mol. The predicted molar refractivity (Wildman–Crippen MR) is 64.2 cm³/mol. The van der Waals surface area contributed by atoms with E-state index in [0.717, 1.165) is 12.5 Å². The predicted octanol–water partition coefficient (Wildman–Crippen LogP) is 2.47. The van der Waals surface area contributed by atoms with Crippen LogP contribution in [0.1, 0.15) is 46.0 Å². The van der Waals surface area contributed by atoms with Crippen molar-refractivity contribution in [1.29, 1.82) is 0 Å². The molecule has 3 fully saturated rings. The molecule has 1 heterocycles. The van der Waals surface area contributed by atoms with Crippen molar-refractivity contribution in [2.24, 2.45) is 17.8 Å². The van der Waals surface area contributed by atoms with Crippen LogP contribution in [0.3, 0.4) is 0 Å². The molecule has 2 aliphatic carbocycles. The number of nitrogens with zero attached hydrogens (tertiary/aromatic N) is 1. The van der Waals surface area contributed by atoms with Crippen LogP contribution in [0.2, 0.25) is 0 Å². The Balaban J connectivity index is 1.68. The van der Waals surface area contributed by atoms with Crippen molar-refractivity contribution in [1.82, 2.24) is 4.90 Å². The summed E-state index contributed by atoms with van der Waals surface area (Å²) >= 11 is 0. The molecular formula is C14H23NO. The van der Waals surface area contributed by atoms with Gasteiger partial charge in [0, 0.05) is 30.5 Å². The fraction of sp³-hybridized carbons (Fsp3) is 0.929. The summed E-state index contributed by atoms with van der Waals surface area (Å²) in [7, 11) is 0. The van der Waals surface area contributed by atoms with E-state index in [0.29, 0.717) is 29.7 Å². The normalized spacial score (nSPS) is 48.1. The third-order valence-electron chi connectivity index (χ3n) is 5.35. The number of rotatable bonds is 2. The van der Waals surface area contributed by atoms with Crippen molar-refractivity contribution in [2.45, 2.75) is 58.0 Å². The second kappa shape index (κ2) is 3.83. The lowest BCUT2D eigenvalue weighted by Gasteiger charge is -2.31. The van der Waals surface area contributed by atoms with Gasteiger partial charge in [-0.1, -0.05) is 0 Å². The van der Waals surface area contributed by atoms with Crippen molar-refractivity contribution in [3.8, 4) is 0 Å². The molecule has 3 aliphatic rings. The van der Waals surface area contributed by atoms with Crippen LogP contribution in [0.15, 0.2) is 0 Å². The lowest BCUT2D eigenvalue weighted by molar-refractivity contribution is -0.126. The summed E-state index contributed by atoms with van der Waals surface area (Å²) in [6.07, 6.45) is 6.34. The summed E-state index contributed by atoms with van der Waals surface area (Å²) in [6.45, 7) is 5.70. The van der Waals surface area contributed by atoms with E-state index in [1.807, 2.05) is 0 Å². The highest BCUT2D eigenvalue weighted by Crippen LogP contribution is 2.46. The number of likely N-dealkylation sites (tertiary alicyclic amines) is 1. The van der Waals surface area contributed by atoms with Crippen LogP contribution in [0.5, 0.6) is 0 Å². The molecule has 2 nitrogen and oxygen atoms in total. The van der Waals surface area contributed by atoms with Crippen molar-refractivity contribution >= 4 is 5.78 Å². The van der Waals surface area contributed by atoms with Gasteiger partial charge in [-0.15, -0.1) is 0 Å². The summed E-state index contributed by atoms with van der Waals surface area (Å²) in [6, 6.07) is 1.39. The average Bonchev–Trinajstić information content (AvgIpc) is 2.91. The minimum absolute atomic E-state index is 0.391. The summed E-state index contributed by atoms with van der Waals surface area (Å²) in [5.41, 5.74) is 0. The van der Waals surface area contributed by atoms with E-state index in [1.165, 1.54) is 32.1 Å². The number of carbonyl (C=O) groups is 1. The molecule has 2 bridgehead atoms. The molecule has 0 N–H and O–H groups in total. The molecule has 0 aromatic rings. The number of fused-ring (bicyclic) bond motifs is 2. The highest BCUT2D eigenvalue weighted by molar-refractivity contribution is 5.87. The third-order valence-corrected chi connectivity index (χ3v) is 5.35. The first-order valence-electron chi connectivity index (χ1n) is 6.96. The van der Waals surface area contributed by atoms with Gasteiger partial charge in [0.2, 0.25) is 0 Å². The number of Topliss-reactive ketones (excluding diaryl/α,β-unsaturated/α-hetero) is 1. The molecule has 0 aromatic carbocycles. The van der Waals surface area contributed by atoms with Crippen molar-refractivity contribution in [3.63, 3.8) is 0 Å². The maximum Gasteiger partial charge on any atom is 0.140 e. The molecule has 1 saturated heterocycles. The second-order valence-electron chi connectivity index (χ2n) is 6.25. The smallest absolute Gasteiger partial charge is 0.140 e. The Bertz CT molecular complexity index is 291. The van der Waals surface area contributed by atoms with Gasteiger partial charge in [-0.3, -0.25) is 9.69 Å². The molecule has 0 amide bonds. The fourth-order valence-electron chi connectivity index (χ4n) is 4.25. The maximum atomic E-state index is 12.1. The number of hydrogen-bond acceptors (Lipinski definition) is 2. The van der Waals surface area contributed by atoms with Gasteiger partial charge >= 0.3 is 0 Å². The molecule has 0 radical (unpaired) electrons. The van der Waals surface area contributed by atoms with Gasteiger partial charge in [0.05, 0.1) is 0 Å². The lowest BCUT2D eigenvalue weighted by Crippen LogP contribution is -2.41. The SMILES string of the molecule is CC1CCC(C)N1CC1C(=O)C2CCC1C2. The van der Waals surface area contributed by atoms with Gasteiger partial charge in [-0.05, 0) is 51.9 Å². The fourth-order valence-corrected chi connectivity index (χ4v) is 4.25. The third kappa shape index (κ3) is 1.54. The molecular weight excluding hydrogens is 198 g/mol. The number of hydrogen-bond donors (Lipinski definition) is 0. The largest absolute Gasteiger partial charge is 0.299 e. The van der Waals surface area contributed by atoms with Crippen LogP contribution < -0.4 is 0 Å². The van der Waals surface area contributed by atoms with Crippen molar-refractivity contribution in [2.75, 3.05) is 6.54 Å². The quantitative estimate of drug-likeness (QED) is 0.714. The highest BCUT2D eigenvalue weighted by Gasteiger charge is 2.47. The minimum atomic E-state index is 0.391. The van der Waals surface area contributed by atoms with Gasteiger partial charge in [0.15, 0.2) is 0 Å². The maximum absolute atomic E-state index is 12.1. The highest BCUT2D eigenvalue weighted by atomic mass is 16.1. The molecule has 0 aromatic heterocycles. The molecule has 16 heavy (non-hydrogen) atoms. The Labute approximate surface area is 98.4 Å². The summed E-state index contributed by atoms with van der Waals surface area (Å²) in [5, 5.41) is 0. The summed E-state index contributed by atoms with van der Waals surface area (Å²) in [5.74, 6) is 2.17. The van der Waals surface area contributed by atoms with Crippen LogP contribution in [0.25, 0.3) is 0 Å². The molecule has 0 spiro atoms. The Hall–Kier alpha value is -0.370. The van der Waals surface area contributed by atoms with Gasteiger partial charge in [0.1, 0.15) is 5.78 Å². The Morgan fingerprint density at radius 1 is 1.12 bits per heavy atom. The van der Waals surface area contributed by atoms with E-state index < -0.39 is 0 Å². The first kappa shape index (κ1) is 10.8. The zero-order valence-electron chi connectivity index (χ0n) is 10.5. The Morgan fingerprint density at radius 3 is 2.38 bits per heavy atom. The lowest BCUT2D eigenvalue weighted by atomic mass is 9.87. The van der Waals surface area contributed by atoms with E-state index in [9.17, 15) is 4.79 Å². The van der Waals surface area contributed by atoms with E-state index in [4.69, 9.17) is 0 Å². The summed E-state index contributed by atoms with van der Waals surface area (Å²) in [4.78, 5) is 14.7. The standard InChI is InChI=1S/C14H23NO/c1-9-3-4-10(2)15(9)8-13-11-5-6-12(7-11)14(13)16/h9-13H,3-8H2,1-2H3. The van der Waals surface area contributed by atoms with Crippen LogP contribution >= 0.6 is 0 Å².